The Hall–Kier alpha value is -0.620. The van der Waals surface area contributed by atoms with Gasteiger partial charge in [0.05, 0.1) is 11.2 Å². The van der Waals surface area contributed by atoms with Gasteiger partial charge in [-0.3, -0.25) is 4.79 Å². The van der Waals surface area contributed by atoms with Gasteiger partial charge in [0.2, 0.25) is 0 Å². The zero-order valence-corrected chi connectivity index (χ0v) is 12.0. The Kier molecular flexibility index (Phi) is 5.16. The summed E-state index contributed by atoms with van der Waals surface area (Å²) in [6.45, 7) is 8.63. The maximum absolute atomic E-state index is 11.3. The molecule has 0 amide bonds. The van der Waals surface area contributed by atoms with Crippen molar-refractivity contribution in [3.05, 3.63) is 0 Å². The second kappa shape index (κ2) is 5.35. The molecular weight excluding hydrogens is 242 g/mol. The van der Waals surface area contributed by atoms with Gasteiger partial charge < -0.3 is 10.4 Å². The van der Waals surface area contributed by atoms with Gasteiger partial charge in [-0.1, -0.05) is 6.92 Å². The molecule has 6 heteroatoms. The van der Waals surface area contributed by atoms with Crippen molar-refractivity contribution >= 4 is 15.8 Å². The summed E-state index contributed by atoms with van der Waals surface area (Å²) in [5.41, 5.74) is -1.65. The number of hydrogen-bond acceptors (Lipinski definition) is 4. The van der Waals surface area contributed by atoms with Crippen molar-refractivity contribution in [2.45, 2.75) is 40.2 Å². The van der Waals surface area contributed by atoms with E-state index < -0.39 is 26.8 Å². The maximum atomic E-state index is 11.3. The molecule has 0 unspecified atom stereocenters. The first-order chi connectivity index (χ1) is 7.46. The van der Waals surface area contributed by atoms with E-state index in [2.05, 4.69) is 5.32 Å². The van der Waals surface area contributed by atoms with Crippen molar-refractivity contribution in [2.75, 3.05) is 18.1 Å². The maximum Gasteiger partial charge on any atom is 0.310 e. The van der Waals surface area contributed by atoms with Crippen LogP contribution in [0.5, 0.6) is 0 Å². The molecule has 0 aliphatic rings. The predicted molar refractivity (Wildman–Crippen MR) is 67.8 cm³/mol. The fourth-order valence-corrected chi connectivity index (χ4v) is 1.85. The van der Waals surface area contributed by atoms with E-state index in [1.54, 1.807) is 34.6 Å². The fraction of sp³-hybridized carbons (Fsp3) is 0.909. The SMILES string of the molecule is CCS(=O)(=O)CCNC(C)(C)C(C)(C)C(=O)O. The Balaban J connectivity index is 4.54. The Morgan fingerprint density at radius 1 is 1.24 bits per heavy atom. The summed E-state index contributed by atoms with van der Waals surface area (Å²) in [5, 5.41) is 12.1. The van der Waals surface area contributed by atoms with E-state index >= 15 is 0 Å². The molecular formula is C11H23NO4S. The third-order valence-electron chi connectivity index (χ3n) is 3.52. The summed E-state index contributed by atoms with van der Waals surface area (Å²) >= 11 is 0. The van der Waals surface area contributed by atoms with E-state index in [4.69, 9.17) is 5.11 Å². The number of rotatable bonds is 7. The summed E-state index contributed by atoms with van der Waals surface area (Å²) in [6, 6.07) is 0. The van der Waals surface area contributed by atoms with Crippen LogP contribution in [0.3, 0.4) is 0 Å². The van der Waals surface area contributed by atoms with Crippen LogP contribution in [0.15, 0.2) is 0 Å². The van der Waals surface area contributed by atoms with Gasteiger partial charge >= 0.3 is 5.97 Å². The van der Waals surface area contributed by atoms with Crippen molar-refractivity contribution in [1.82, 2.24) is 5.32 Å². The molecule has 0 atom stereocenters. The molecule has 0 aromatic carbocycles. The second-order valence-corrected chi connectivity index (χ2v) is 7.69. The number of hydrogen-bond donors (Lipinski definition) is 2. The molecule has 102 valence electrons. The third-order valence-corrected chi connectivity index (χ3v) is 5.22. The highest BCUT2D eigenvalue weighted by atomic mass is 32.2. The molecule has 0 aromatic heterocycles. The summed E-state index contributed by atoms with van der Waals surface area (Å²) < 4.78 is 22.6. The zero-order chi connectivity index (χ0) is 13.9. The standard InChI is InChI=1S/C11H23NO4S/c1-6-17(15,16)8-7-12-11(4,5)10(2,3)9(13)14/h12H,6-8H2,1-5H3,(H,13,14). The molecule has 0 fully saturated rings. The van der Waals surface area contributed by atoms with Gasteiger partial charge in [0, 0.05) is 17.8 Å². The number of sulfone groups is 1. The van der Waals surface area contributed by atoms with Gasteiger partial charge in [0.25, 0.3) is 0 Å². The average Bonchev–Trinajstić information content (AvgIpc) is 2.16. The van der Waals surface area contributed by atoms with Crippen LogP contribution in [0.2, 0.25) is 0 Å². The molecule has 0 spiro atoms. The molecule has 0 radical (unpaired) electrons. The Labute approximate surface area is 104 Å². The molecule has 17 heavy (non-hydrogen) atoms. The lowest BCUT2D eigenvalue weighted by Crippen LogP contribution is -2.56. The quantitative estimate of drug-likeness (QED) is 0.714. The number of aliphatic carboxylic acids is 1. The lowest BCUT2D eigenvalue weighted by atomic mass is 9.74. The summed E-state index contributed by atoms with van der Waals surface area (Å²) in [6.07, 6.45) is 0. The highest BCUT2D eigenvalue weighted by molar-refractivity contribution is 7.91. The number of carboxylic acids is 1. The van der Waals surface area contributed by atoms with Gasteiger partial charge in [0.15, 0.2) is 9.84 Å². The van der Waals surface area contributed by atoms with E-state index in [-0.39, 0.29) is 18.1 Å². The lowest BCUT2D eigenvalue weighted by Gasteiger charge is -2.39. The monoisotopic (exact) mass is 265 g/mol. The molecule has 0 bridgehead atoms. The van der Waals surface area contributed by atoms with Gasteiger partial charge in [-0.05, 0) is 27.7 Å². The van der Waals surface area contributed by atoms with Crippen molar-refractivity contribution in [3.8, 4) is 0 Å². The molecule has 0 saturated carbocycles. The molecule has 0 aliphatic carbocycles. The van der Waals surface area contributed by atoms with Gasteiger partial charge in [-0.15, -0.1) is 0 Å². The lowest BCUT2D eigenvalue weighted by molar-refractivity contribution is -0.151. The molecule has 0 saturated heterocycles. The normalized spacial score (nSPS) is 13.7. The van der Waals surface area contributed by atoms with Crippen molar-refractivity contribution in [1.29, 1.82) is 0 Å². The van der Waals surface area contributed by atoms with Crippen LogP contribution < -0.4 is 5.32 Å². The van der Waals surface area contributed by atoms with Crippen molar-refractivity contribution < 1.29 is 18.3 Å². The largest absolute Gasteiger partial charge is 0.481 e. The fourth-order valence-electron chi connectivity index (χ4n) is 1.15. The third kappa shape index (κ3) is 4.27. The zero-order valence-electron chi connectivity index (χ0n) is 11.2. The smallest absolute Gasteiger partial charge is 0.310 e. The summed E-state index contributed by atoms with van der Waals surface area (Å²) in [7, 11) is -3.02. The van der Waals surface area contributed by atoms with E-state index in [1.165, 1.54) is 0 Å². The van der Waals surface area contributed by atoms with E-state index in [1.807, 2.05) is 0 Å². The average molecular weight is 265 g/mol. The van der Waals surface area contributed by atoms with Crippen LogP contribution in [-0.2, 0) is 14.6 Å². The minimum absolute atomic E-state index is 0.0304. The first-order valence-corrected chi connectivity index (χ1v) is 7.47. The van der Waals surface area contributed by atoms with Crippen LogP contribution in [0, 0.1) is 5.41 Å². The Morgan fingerprint density at radius 3 is 2.06 bits per heavy atom. The molecule has 0 aromatic rings. The number of carboxylic acid groups (broad SMARTS) is 1. The molecule has 2 N–H and O–H groups in total. The van der Waals surface area contributed by atoms with Crippen LogP contribution in [-0.4, -0.2) is 43.1 Å². The molecule has 0 rings (SSSR count). The van der Waals surface area contributed by atoms with Gasteiger partial charge in [-0.2, -0.15) is 0 Å². The molecule has 0 aliphatic heterocycles. The van der Waals surface area contributed by atoms with Crippen LogP contribution in [0.4, 0.5) is 0 Å². The van der Waals surface area contributed by atoms with E-state index in [0.29, 0.717) is 0 Å². The highest BCUT2D eigenvalue weighted by Gasteiger charge is 2.43. The minimum Gasteiger partial charge on any atom is -0.481 e. The summed E-state index contributed by atoms with van der Waals surface area (Å²) in [4.78, 5) is 11.1. The topological polar surface area (TPSA) is 83.5 Å². The van der Waals surface area contributed by atoms with E-state index in [0.717, 1.165) is 0 Å². The highest BCUT2D eigenvalue weighted by Crippen LogP contribution is 2.30. The first kappa shape index (κ1) is 16.4. The van der Waals surface area contributed by atoms with Crippen molar-refractivity contribution in [3.63, 3.8) is 0 Å². The first-order valence-electron chi connectivity index (χ1n) is 5.65. The van der Waals surface area contributed by atoms with Gasteiger partial charge in [0.1, 0.15) is 0 Å². The van der Waals surface area contributed by atoms with Crippen LogP contribution >= 0.6 is 0 Å². The number of nitrogens with one attached hydrogen (secondary N) is 1. The van der Waals surface area contributed by atoms with Crippen LogP contribution in [0.25, 0.3) is 0 Å². The Bertz CT molecular complexity index is 371. The molecule has 0 heterocycles. The van der Waals surface area contributed by atoms with E-state index in [9.17, 15) is 13.2 Å². The Morgan fingerprint density at radius 2 is 1.71 bits per heavy atom. The number of carbonyl (C=O) groups is 1. The van der Waals surface area contributed by atoms with Gasteiger partial charge in [-0.25, -0.2) is 8.42 Å². The van der Waals surface area contributed by atoms with Crippen molar-refractivity contribution in [2.24, 2.45) is 5.41 Å². The molecule has 5 nitrogen and oxygen atoms in total. The van der Waals surface area contributed by atoms with Crippen LogP contribution in [0.1, 0.15) is 34.6 Å². The summed E-state index contributed by atoms with van der Waals surface area (Å²) in [5.74, 6) is -0.770. The predicted octanol–water partition coefficient (Wildman–Crippen LogP) is 0.900. The second-order valence-electron chi connectivity index (χ2n) is 5.22. The minimum atomic E-state index is -3.02.